The molecule has 0 aromatic heterocycles. The fourth-order valence-electron chi connectivity index (χ4n) is 2.32. The summed E-state index contributed by atoms with van der Waals surface area (Å²) in [6.45, 7) is 0.149. The summed E-state index contributed by atoms with van der Waals surface area (Å²) in [5.41, 5.74) is -0.234. The van der Waals surface area contributed by atoms with Gasteiger partial charge in [-0.25, -0.2) is 13.6 Å². The first-order valence-corrected chi connectivity index (χ1v) is 6.50. The molecule has 1 amide bonds. The number of hydrogen-bond donors (Lipinski definition) is 1. The smallest absolute Gasteiger partial charge is 0.331 e. The molecule has 1 heterocycles. The maximum Gasteiger partial charge on any atom is 0.331 e. The quantitative estimate of drug-likeness (QED) is 0.867. The van der Waals surface area contributed by atoms with E-state index in [4.69, 9.17) is 11.6 Å². The number of rotatable bonds is 4. The summed E-state index contributed by atoms with van der Waals surface area (Å²) in [6, 6.07) is 1.15. The van der Waals surface area contributed by atoms with Gasteiger partial charge in [0.05, 0.1) is 0 Å². The summed E-state index contributed by atoms with van der Waals surface area (Å²) in [5, 5.41) is 9.27. The normalized spacial score (nSPS) is 20.2. The Morgan fingerprint density at radius 2 is 2.20 bits per heavy atom. The Morgan fingerprint density at radius 1 is 1.50 bits per heavy atom. The van der Waals surface area contributed by atoms with Crippen LogP contribution < -0.4 is 0 Å². The molecule has 0 saturated carbocycles. The van der Waals surface area contributed by atoms with Gasteiger partial charge in [-0.3, -0.25) is 4.79 Å². The molecule has 0 spiro atoms. The van der Waals surface area contributed by atoms with Crippen LogP contribution >= 0.6 is 11.6 Å². The molecule has 1 saturated heterocycles. The molecular formula is C13H12ClF2NO3. The second-order valence-electron chi connectivity index (χ2n) is 4.68. The summed E-state index contributed by atoms with van der Waals surface area (Å²) in [7, 11) is 0. The van der Waals surface area contributed by atoms with E-state index in [1.54, 1.807) is 0 Å². The van der Waals surface area contributed by atoms with Gasteiger partial charge in [-0.15, -0.1) is 11.6 Å². The van der Waals surface area contributed by atoms with Gasteiger partial charge in [0.2, 0.25) is 5.91 Å². The highest BCUT2D eigenvalue weighted by atomic mass is 35.5. The van der Waals surface area contributed by atoms with Crippen LogP contribution in [-0.4, -0.2) is 34.3 Å². The Balaban J connectivity index is 2.37. The highest BCUT2D eigenvalue weighted by molar-refractivity contribution is 6.18. The van der Waals surface area contributed by atoms with Crippen molar-refractivity contribution >= 4 is 23.5 Å². The van der Waals surface area contributed by atoms with E-state index in [-0.39, 0.29) is 30.3 Å². The second kappa shape index (κ2) is 5.75. The first kappa shape index (κ1) is 14.7. The van der Waals surface area contributed by atoms with E-state index in [2.05, 4.69) is 0 Å². The summed E-state index contributed by atoms with van der Waals surface area (Å²) in [6.07, 6.45) is 0.135. The predicted octanol–water partition coefficient (Wildman–Crippen LogP) is 2.18. The number of carboxylic acid groups (broad SMARTS) is 1. The van der Waals surface area contributed by atoms with Crippen molar-refractivity contribution in [3.05, 3.63) is 35.4 Å². The van der Waals surface area contributed by atoms with Crippen molar-refractivity contribution in [2.24, 2.45) is 5.92 Å². The van der Waals surface area contributed by atoms with Crippen LogP contribution in [0.2, 0.25) is 0 Å². The highest BCUT2D eigenvalue weighted by Crippen LogP contribution is 2.31. The summed E-state index contributed by atoms with van der Waals surface area (Å²) >= 11 is 5.67. The van der Waals surface area contributed by atoms with Gasteiger partial charge < -0.3 is 10.0 Å². The SMILES string of the molecule is O=C(O)C(c1ccc(F)cc1F)N1CC(CCl)CC1=O. The maximum atomic E-state index is 13.8. The van der Waals surface area contributed by atoms with Crippen molar-refractivity contribution in [3.63, 3.8) is 0 Å². The van der Waals surface area contributed by atoms with Gasteiger partial charge in [0, 0.05) is 30.5 Å². The first-order valence-electron chi connectivity index (χ1n) is 5.97. The average Bonchev–Trinajstić information content (AvgIpc) is 2.73. The number of benzene rings is 1. The molecule has 4 nitrogen and oxygen atoms in total. The van der Waals surface area contributed by atoms with E-state index in [0.717, 1.165) is 17.0 Å². The van der Waals surface area contributed by atoms with E-state index in [1.165, 1.54) is 0 Å². The molecule has 1 aliphatic rings. The molecule has 7 heteroatoms. The molecule has 2 unspecified atom stereocenters. The zero-order valence-corrected chi connectivity index (χ0v) is 11.1. The fraction of sp³-hybridized carbons (Fsp3) is 0.385. The minimum absolute atomic E-state index is 0.135. The Labute approximate surface area is 118 Å². The molecule has 20 heavy (non-hydrogen) atoms. The molecule has 2 rings (SSSR count). The number of hydrogen-bond acceptors (Lipinski definition) is 2. The number of likely N-dealkylation sites (tertiary alicyclic amines) is 1. The molecule has 1 aliphatic heterocycles. The molecular weight excluding hydrogens is 292 g/mol. The maximum absolute atomic E-state index is 13.8. The Morgan fingerprint density at radius 3 is 2.70 bits per heavy atom. The van der Waals surface area contributed by atoms with Crippen LogP contribution in [0.25, 0.3) is 0 Å². The third-order valence-corrected chi connectivity index (χ3v) is 3.70. The van der Waals surface area contributed by atoms with Crippen LogP contribution in [0.4, 0.5) is 8.78 Å². The van der Waals surface area contributed by atoms with Gasteiger partial charge >= 0.3 is 5.97 Å². The summed E-state index contributed by atoms with van der Waals surface area (Å²) < 4.78 is 26.7. The van der Waals surface area contributed by atoms with E-state index in [9.17, 15) is 23.5 Å². The third kappa shape index (κ3) is 2.75. The lowest BCUT2D eigenvalue weighted by molar-refractivity contribution is -0.148. The standard InChI is InChI=1S/C13H12ClF2NO3/c14-5-7-3-11(18)17(6-7)12(13(19)20)9-2-1-8(15)4-10(9)16/h1-2,4,7,12H,3,5-6H2,(H,19,20). The highest BCUT2D eigenvalue weighted by Gasteiger charge is 2.39. The molecule has 0 bridgehead atoms. The van der Waals surface area contributed by atoms with E-state index >= 15 is 0 Å². The van der Waals surface area contributed by atoms with Gasteiger partial charge in [0.15, 0.2) is 6.04 Å². The molecule has 2 atom stereocenters. The van der Waals surface area contributed by atoms with Crippen molar-refractivity contribution in [2.45, 2.75) is 12.5 Å². The monoisotopic (exact) mass is 303 g/mol. The van der Waals surface area contributed by atoms with E-state index < -0.39 is 29.6 Å². The predicted molar refractivity (Wildman–Crippen MR) is 67.3 cm³/mol. The zero-order chi connectivity index (χ0) is 14.9. The first-order chi connectivity index (χ1) is 9.43. The number of alkyl halides is 1. The van der Waals surface area contributed by atoms with Crippen molar-refractivity contribution in [1.29, 1.82) is 0 Å². The number of aliphatic carboxylic acids is 1. The van der Waals surface area contributed by atoms with Gasteiger partial charge in [0.1, 0.15) is 11.6 Å². The topological polar surface area (TPSA) is 57.6 Å². The Kier molecular flexibility index (Phi) is 4.23. The number of amides is 1. The van der Waals surface area contributed by atoms with Crippen molar-refractivity contribution in [2.75, 3.05) is 12.4 Å². The van der Waals surface area contributed by atoms with Gasteiger partial charge in [-0.2, -0.15) is 0 Å². The fourth-order valence-corrected chi connectivity index (χ4v) is 2.53. The van der Waals surface area contributed by atoms with Crippen LogP contribution in [0.15, 0.2) is 18.2 Å². The lowest BCUT2D eigenvalue weighted by Gasteiger charge is -2.25. The van der Waals surface area contributed by atoms with Crippen molar-refractivity contribution in [1.82, 2.24) is 4.90 Å². The lowest BCUT2D eigenvalue weighted by Crippen LogP contribution is -2.36. The lowest BCUT2D eigenvalue weighted by atomic mass is 10.0. The van der Waals surface area contributed by atoms with Crippen LogP contribution in [-0.2, 0) is 9.59 Å². The number of nitrogens with zero attached hydrogens (tertiary/aromatic N) is 1. The van der Waals surface area contributed by atoms with Crippen LogP contribution in [0, 0.1) is 17.6 Å². The number of carboxylic acids is 1. The van der Waals surface area contributed by atoms with Gasteiger partial charge in [-0.1, -0.05) is 6.07 Å². The van der Waals surface area contributed by atoms with E-state index in [0.29, 0.717) is 6.07 Å². The molecule has 1 N–H and O–H groups in total. The minimum Gasteiger partial charge on any atom is -0.479 e. The molecule has 0 radical (unpaired) electrons. The zero-order valence-electron chi connectivity index (χ0n) is 10.4. The largest absolute Gasteiger partial charge is 0.479 e. The summed E-state index contributed by atoms with van der Waals surface area (Å²) in [5.74, 6) is -3.48. The summed E-state index contributed by atoms with van der Waals surface area (Å²) in [4.78, 5) is 24.3. The van der Waals surface area contributed by atoms with Crippen LogP contribution in [0.5, 0.6) is 0 Å². The Hall–Kier alpha value is -1.69. The molecule has 1 fully saturated rings. The van der Waals surface area contributed by atoms with Crippen LogP contribution in [0.3, 0.4) is 0 Å². The van der Waals surface area contributed by atoms with Gasteiger partial charge in [0.25, 0.3) is 0 Å². The average molecular weight is 304 g/mol. The number of halogens is 3. The van der Waals surface area contributed by atoms with Crippen molar-refractivity contribution in [3.8, 4) is 0 Å². The molecule has 1 aromatic carbocycles. The van der Waals surface area contributed by atoms with Crippen LogP contribution in [0.1, 0.15) is 18.0 Å². The number of carbonyl (C=O) groups is 2. The minimum atomic E-state index is -1.46. The Bertz CT molecular complexity index is 552. The van der Waals surface area contributed by atoms with Gasteiger partial charge in [-0.05, 0) is 12.0 Å². The molecule has 108 valence electrons. The number of carbonyl (C=O) groups excluding carboxylic acids is 1. The van der Waals surface area contributed by atoms with Crippen molar-refractivity contribution < 1.29 is 23.5 Å². The van der Waals surface area contributed by atoms with E-state index in [1.807, 2.05) is 0 Å². The third-order valence-electron chi connectivity index (χ3n) is 3.26. The molecule has 0 aliphatic carbocycles. The second-order valence-corrected chi connectivity index (χ2v) is 4.99. The molecule has 1 aromatic rings.